The molecule has 0 saturated carbocycles. The molecular weight excluding hydrogens is 368 g/mol. The fraction of sp³-hybridized carbons (Fsp3) is 0.296. The molecule has 0 spiro atoms. The number of aryl methyl sites for hydroxylation is 2. The van der Waals surface area contributed by atoms with Crippen LogP contribution in [0.4, 0.5) is 11.4 Å². The summed E-state index contributed by atoms with van der Waals surface area (Å²) in [6.07, 6.45) is 4.34. The van der Waals surface area contributed by atoms with Gasteiger partial charge < -0.3 is 4.90 Å². The first-order valence-corrected chi connectivity index (χ1v) is 10.7. The first kappa shape index (κ1) is 20.4. The SMILES string of the molecule is Cc1ccc(-c2ccc(N(C=O)c3ccc4c(c3)CCC(CN(C)C)C4)cc2)cc1. The first-order chi connectivity index (χ1) is 14.5. The molecule has 30 heavy (non-hydrogen) atoms. The lowest BCUT2D eigenvalue weighted by atomic mass is 9.83. The van der Waals surface area contributed by atoms with Gasteiger partial charge in [-0.15, -0.1) is 0 Å². The number of carbonyl (C=O) groups is 1. The number of rotatable bonds is 6. The summed E-state index contributed by atoms with van der Waals surface area (Å²) in [6, 6.07) is 23.2. The Bertz CT molecular complexity index is 1010. The summed E-state index contributed by atoms with van der Waals surface area (Å²) >= 11 is 0. The highest BCUT2D eigenvalue weighted by Crippen LogP contribution is 2.32. The lowest BCUT2D eigenvalue weighted by Crippen LogP contribution is -2.26. The van der Waals surface area contributed by atoms with E-state index < -0.39 is 0 Å². The van der Waals surface area contributed by atoms with Gasteiger partial charge in [0.15, 0.2) is 0 Å². The van der Waals surface area contributed by atoms with Crippen LogP contribution < -0.4 is 4.90 Å². The van der Waals surface area contributed by atoms with E-state index in [1.165, 1.54) is 28.7 Å². The third-order valence-electron chi connectivity index (χ3n) is 6.06. The minimum absolute atomic E-state index is 0.717. The molecule has 0 fully saturated rings. The van der Waals surface area contributed by atoms with Gasteiger partial charge in [-0.3, -0.25) is 9.69 Å². The van der Waals surface area contributed by atoms with Crippen molar-refractivity contribution >= 4 is 17.8 Å². The second-order valence-electron chi connectivity index (χ2n) is 8.71. The minimum atomic E-state index is 0.717. The van der Waals surface area contributed by atoms with E-state index in [0.29, 0.717) is 0 Å². The van der Waals surface area contributed by atoms with Crippen LogP contribution in [0.15, 0.2) is 66.7 Å². The van der Waals surface area contributed by atoms with Crippen LogP contribution in [0.3, 0.4) is 0 Å². The fourth-order valence-electron chi connectivity index (χ4n) is 4.47. The Kier molecular flexibility index (Phi) is 6.01. The second kappa shape index (κ2) is 8.85. The highest BCUT2D eigenvalue weighted by atomic mass is 16.1. The Labute approximate surface area is 180 Å². The molecule has 1 atom stereocenters. The van der Waals surface area contributed by atoms with Crippen LogP contribution in [0.1, 0.15) is 23.1 Å². The summed E-state index contributed by atoms with van der Waals surface area (Å²) in [4.78, 5) is 16.0. The molecule has 1 aliphatic carbocycles. The molecule has 0 heterocycles. The minimum Gasteiger partial charge on any atom is -0.309 e. The van der Waals surface area contributed by atoms with Crippen molar-refractivity contribution in [2.45, 2.75) is 26.2 Å². The van der Waals surface area contributed by atoms with Gasteiger partial charge in [0.05, 0.1) is 0 Å². The molecule has 3 heteroatoms. The van der Waals surface area contributed by atoms with Gasteiger partial charge in [-0.2, -0.15) is 0 Å². The van der Waals surface area contributed by atoms with Crippen molar-refractivity contribution in [3.8, 4) is 11.1 Å². The number of nitrogens with zero attached hydrogens (tertiary/aromatic N) is 2. The van der Waals surface area contributed by atoms with Gasteiger partial charge >= 0.3 is 0 Å². The fourth-order valence-corrected chi connectivity index (χ4v) is 4.47. The largest absolute Gasteiger partial charge is 0.309 e. The molecule has 3 aromatic rings. The molecule has 4 rings (SSSR count). The molecule has 1 aliphatic rings. The average Bonchev–Trinajstić information content (AvgIpc) is 2.75. The number of hydrogen-bond donors (Lipinski definition) is 0. The van der Waals surface area contributed by atoms with Crippen molar-refractivity contribution in [1.29, 1.82) is 0 Å². The van der Waals surface area contributed by atoms with Crippen LogP contribution in [0.5, 0.6) is 0 Å². The zero-order valence-corrected chi connectivity index (χ0v) is 18.1. The van der Waals surface area contributed by atoms with Gasteiger partial charge in [-0.25, -0.2) is 0 Å². The molecule has 0 aromatic heterocycles. The molecule has 1 amide bonds. The zero-order chi connectivity index (χ0) is 21.1. The summed E-state index contributed by atoms with van der Waals surface area (Å²) in [5.74, 6) is 0.717. The van der Waals surface area contributed by atoms with Crippen LogP contribution in [0.25, 0.3) is 11.1 Å². The summed E-state index contributed by atoms with van der Waals surface area (Å²) in [5.41, 5.74) is 8.24. The molecule has 1 unspecified atom stereocenters. The Hall–Kier alpha value is -2.91. The van der Waals surface area contributed by atoms with Gasteiger partial charge in [0.2, 0.25) is 6.41 Å². The van der Waals surface area contributed by atoms with Crippen LogP contribution in [0.2, 0.25) is 0 Å². The zero-order valence-electron chi connectivity index (χ0n) is 18.1. The maximum absolute atomic E-state index is 12.0. The Morgan fingerprint density at radius 1 is 0.867 bits per heavy atom. The third-order valence-corrected chi connectivity index (χ3v) is 6.06. The molecule has 3 aromatic carbocycles. The smallest absolute Gasteiger partial charge is 0.218 e. The highest BCUT2D eigenvalue weighted by molar-refractivity contribution is 5.87. The third kappa shape index (κ3) is 4.47. The van der Waals surface area contributed by atoms with Crippen LogP contribution in [-0.4, -0.2) is 32.0 Å². The molecule has 0 saturated heterocycles. The van der Waals surface area contributed by atoms with E-state index in [-0.39, 0.29) is 0 Å². The Morgan fingerprint density at radius 3 is 2.13 bits per heavy atom. The van der Waals surface area contributed by atoms with E-state index in [4.69, 9.17) is 0 Å². The van der Waals surface area contributed by atoms with Gasteiger partial charge in [-0.05, 0) is 92.7 Å². The molecule has 0 radical (unpaired) electrons. The molecule has 154 valence electrons. The molecule has 0 N–H and O–H groups in total. The number of benzene rings is 3. The van der Waals surface area contributed by atoms with E-state index in [9.17, 15) is 4.79 Å². The average molecular weight is 399 g/mol. The highest BCUT2D eigenvalue weighted by Gasteiger charge is 2.20. The summed E-state index contributed by atoms with van der Waals surface area (Å²) in [7, 11) is 4.29. The summed E-state index contributed by atoms with van der Waals surface area (Å²) in [6.45, 7) is 3.23. The standard InChI is InChI=1S/C27H30N2O/c1-20-4-7-22(8-5-20)23-10-13-26(14-11-23)29(19-30)27-15-12-24-16-21(18-28(2)3)6-9-25(24)17-27/h4-5,7-8,10-15,17,19,21H,6,9,16,18H2,1-3H3. The predicted molar refractivity (Wildman–Crippen MR) is 125 cm³/mol. The molecule has 0 bridgehead atoms. The van der Waals surface area contributed by atoms with E-state index in [0.717, 1.165) is 48.7 Å². The van der Waals surface area contributed by atoms with Crippen LogP contribution in [-0.2, 0) is 17.6 Å². The van der Waals surface area contributed by atoms with Crippen LogP contribution in [0, 0.1) is 12.8 Å². The maximum atomic E-state index is 12.0. The number of fused-ring (bicyclic) bond motifs is 1. The van der Waals surface area contributed by atoms with Crippen molar-refractivity contribution in [3.63, 3.8) is 0 Å². The number of amides is 1. The summed E-state index contributed by atoms with van der Waals surface area (Å²) < 4.78 is 0. The number of hydrogen-bond acceptors (Lipinski definition) is 2. The van der Waals surface area contributed by atoms with E-state index in [1.807, 2.05) is 12.1 Å². The lowest BCUT2D eigenvalue weighted by molar-refractivity contribution is -0.106. The van der Waals surface area contributed by atoms with Crippen molar-refractivity contribution in [2.24, 2.45) is 5.92 Å². The van der Waals surface area contributed by atoms with E-state index in [2.05, 4.69) is 80.5 Å². The van der Waals surface area contributed by atoms with Gasteiger partial charge in [-0.1, -0.05) is 48.0 Å². The normalized spacial score (nSPS) is 15.7. The maximum Gasteiger partial charge on any atom is 0.218 e. The monoisotopic (exact) mass is 398 g/mol. The number of anilines is 2. The predicted octanol–water partition coefficient (Wildman–Crippen LogP) is 5.62. The van der Waals surface area contributed by atoms with Crippen LogP contribution >= 0.6 is 0 Å². The van der Waals surface area contributed by atoms with E-state index >= 15 is 0 Å². The van der Waals surface area contributed by atoms with Gasteiger partial charge in [0.1, 0.15) is 0 Å². The molecule has 3 nitrogen and oxygen atoms in total. The quantitative estimate of drug-likeness (QED) is 0.503. The first-order valence-electron chi connectivity index (χ1n) is 10.7. The number of carbonyl (C=O) groups excluding carboxylic acids is 1. The lowest BCUT2D eigenvalue weighted by Gasteiger charge is -2.28. The van der Waals surface area contributed by atoms with E-state index in [1.54, 1.807) is 4.90 Å². The Morgan fingerprint density at radius 2 is 1.50 bits per heavy atom. The van der Waals surface area contributed by atoms with Crippen molar-refractivity contribution < 1.29 is 4.79 Å². The molecular formula is C27H30N2O. The van der Waals surface area contributed by atoms with Crippen molar-refractivity contribution in [1.82, 2.24) is 4.90 Å². The Balaban J connectivity index is 1.54. The topological polar surface area (TPSA) is 23.6 Å². The van der Waals surface area contributed by atoms with Crippen molar-refractivity contribution in [3.05, 3.63) is 83.4 Å². The summed E-state index contributed by atoms with van der Waals surface area (Å²) in [5, 5.41) is 0. The van der Waals surface area contributed by atoms with Crippen molar-refractivity contribution in [2.75, 3.05) is 25.5 Å². The second-order valence-corrected chi connectivity index (χ2v) is 8.71. The van der Waals surface area contributed by atoms with Gasteiger partial charge in [0.25, 0.3) is 0 Å². The van der Waals surface area contributed by atoms with Gasteiger partial charge in [0, 0.05) is 17.9 Å². The molecule has 0 aliphatic heterocycles.